The lowest BCUT2D eigenvalue weighted by molar-refractivity contribution is -0.138. The molecule has 0 fully saturated rings. The topological polar surface area (TPSA) is 60.4 Å². The summed E-state index contributed by atoms with van der Waals surface area (Å²) in [6.07, 6.45) is 0.860. The Balaban J connectivity index is 0. The second kappa shape index (κ2) is 8.91. The summed E-state index contributed by atoms with van der Waals surface area (Å²) in [5.74, 6) is -0.295. The molecule has 92 valence electrons. The molecule has 0 aromatic carbocycles. The highest BCUT2D eigenvalue weighted by Gasteiger charge is 1.99. The van der Waals surface area contributed by atoms with E-state index in [1.165, 1.54) is 0 Å². The molecule has 0 aliphatic rings. The van der Waals surface area contributed by atoms with Crippen molar-refractivity contribution in [2.45, 2.75) is 20.3 Å². The molecule has 0 aliphatic carbocycles. The molecule has 0 unspecified atom stereocenters. The minimum Gasteiger partial charge on any atom is -0.462 e. The van der Waals surface area contributed by atoms with Crippen LogP contribution in [-0.4, -0.2) is 21.0 Å². The molecule has 0 atom stereocenters. The van der Waals surface area contributed by atoms with Crippen LogP contribution in [0.3, 0.4) is 0 Å². The summed E-state index contributed by atoms with van der Waals surface area (Å²) >= 11 is 0. The lowest BCUT2D eigenvalue weighted by atomic mass is 10.4. The summed E-state index contributed by atoms with van der Waals surface area (Å²) in [5.41, 5.74) is 0.462. The Bertz CT molecular complexity index is 338. The lowest BCUT2D eigenvalue weighted by Crippen LogP contribution is -2.04. The van der Waals surface area contributed by atoms with Crippen LogP contribution in [-0.2, 0) is 19.4 Å². The Labute approximate surface area is 97.2 Å². The van der Waals surface area contributed by atoms with E-state index in [0.29, 0.717) is 12.2 Å². The van der Waals surface area contributed by atoms with Gasteiger partial charge < -0.3 is 4.74 Å². The summed E-state index contributed by atoms with van der Waals surface area (Å²) in [6.45, 7) is 13.6. The van der Waals surface area contributed by atoms with E-state index in [9.17, 15) is 13.2 Å². The number of rotatable bonds is 5. The Morgan fingerprint density at radius 2 is 1.75 bits per heavy atom. The highest BCUT2D eigenvalue weighted by molar-refractivity contribution is 7.97. The zero-order valence-electron chi connectivity index (χ0n) is 9.73. The third-order valence-electron chi connectivity index (χ3n) is 1.25. The van der Waals surface area contributed by atoms with E-state index in [1.807, 2.05) is 6.92 Å². The van der Waals surface area contributed by atoms with Crippen molar-refractivity contribution >= 4 is 15.8 Å². The lowest BCUT2D eigenvalue weighted by Gasteiger charge is -1.99. The maximum Gasteiger partial charge on any atom is 0.333 e. The summed E-state index contributed by atoms with van der Waals surface area (Å²) in [6, 6.07) is 0. The molecule has 0 radical (unpaired) electrons. The molecule has 0 rings (SSSR count). The second-order valence-electron chi connectivity index (χ2n) is 2.84. The summed E-state index contributed by atoms with van der Waals surface area (Å²) in [7, 11) is -3.13. The van der Waals surface area contributed by atoms with E-state index in [0.717, 1.165) is 17.2 Å². The molecule has 0 aliphatic heterocycles. The van der Waals surface area contributed by atoms with Gasteiger partial charge in [-0.25, -0.2) is 13.2 Å². The fourth-order valence-corrected chi connectivity index (χ4v) is 0.522. The fourth-order valence-electron chi connectivity index (χ4n) is 0.386. The first kappa shape index (κ1) is 17.0. The van der Waals surface area contributed by atoms with Crippen molar-refractivity contribution in [3.8, 4) is 0 Å². The van der Waals surface area contributed by atoms with Crippen molar-refractivity contribution in [3.63, 3.8) is 0 Å². The molecule has 0 heterocycles. The van der Waals surface area contributed by atoms with Crippen LogP contribution < -0.4 is 0 Å². The van der Waals surface area contributed by atoms with Crippen LogP contribution >= 0.6 is 0 Å². The summed E-state index contributed by atoms with van der Waals surface area (Å²) < 4.78 is 25.0. The molecule has 0 amide bonds. The first-order chi connectivity index (χ1) is 7.30. The third kappa shape index (κ3) is 10.7. The van der Waals surface area contributed by atoms with E-state index >= 15 is 0 Å². The maximum atomic E-state index is 10.6. The standard InChI is InChI=1S/C7H12O2.C4H6O2S/c1-4-5-9-7(8)6(2)3;1-3-7(5,6)4-2/h2,4-5H2,1,3H3;3-4H,1-2H2. The Morgan fingerprint density at radius 1 is 1.31 bits per heavy atom. The molecule has 0 spiro atoms. The first-order valence-corrected chi connectivity index (χ1v) is 6.24. The van der Waals surface area contributed by atoms with E-state index in [2.05, 4.69) is 19.7 Å². The van der Waals surface area contributed by atoms with Crippen molar-refractivity contribution in [1.29, 1.82) is 0 Å². The van der Waals surface area contributed by atoms with Crippen molar-refractivity contribution in [2.24, 2.45) is 0 Å². The third-order valence-corrected chi connectivity index (χ3v) is 2.18. The number of esters is 1. The number of hydrogen-bond acceptors (Lipinski definition) is 4. The summed E-state index contributed by atoms with van der Waals surface area (Å²) in [5, 5.41) is 1.69. The van der Waals surface area contributed by atoms with Crippen LogP contribution in [0, 0.1) is 0 Å². The van der Waals surface area contributed by atoms with Crippen molar-refractivity contribution in [1.82, 2.24) is 0 Å². The van der Waals surface area contributed by atoms with Gasteiger partial charge in [-0.2, -0.15) is 0 Å². The van der Waals surface area contributed by atoms with E-state index in [1.54, 1.807) is 6.92 Å². The predicted octanol–water partition coefficient (Wildman–Crippen LogP) is 2.20. The number of carbonyl (C=O) groups is 1. The maximum absolute atomic E-state index is 10.6. The molecule has 5 heteroatoms. The minimum absolute atomic E-state index is 0.295. The SMILES string of the molecule is C=C(C)C(=O)OCCC.C=CS(=O)(=O)C=C. The largest absolute Gasteiger partial charge is 0.462 e. The van der Waals surface area contributed by atoms with Gasteiger partial charge in [0.25, 0.3) is 0 Å². The van der Waals surface area contributed by atoms with Crippen LogP contribution in [0.15, 0.2) is 36.1 Å². The van der Waals surface area contributed by atoms with Crippen LogP contribution in [0.25, 0.3) is 0 Å². The van der Waals surface area contributed by atoms with Gasteiger partial charge in [0, 0.05) is 16.4 Å². The van der Waals surface area contributed by atoms with Gasteiger partial charge in [-0.1, -0.05) is 26.7 Å². The number of hydrogen-bond donors (Lipinski definition) is 0. The van der Waals surface area contributed by atoms with Gasteiger partial charge in [-0.05, 0) is 13.3 Å². The molecule has 0 N–H and O–H groups in total. The summed E-state index contributed by atoms with van der Waals surface area (Å²) in [4.78, 5) is 10.6. The molecule has 0 aromatic heterocycles. The Morgan fingerprint density at radius 3 is 1.94 bits per heavy atom. The van der Waals surface area contributed by atoms with Gasteiger partial charge in [-0.15, -0.1) is 0 Å². The average molecular weight is 246 g/mol. The van der Waals surface area contributed by atoms with Gasteiger partial charge in [0.2, 0.25) is 0 Å². The van der Waals surface area contributed by atoms with Crippen LogP contribution in [0.2, 0.25) is 0 Å². The highest BCUT2D eigenvalue weighted by Crippen LogP contribution is 1.91. The average Bonchev–Trinajstić information content (AvgIpc) is 2.26. The number of ether oxygens (including phenoxy) is 1. The van der Waals surface area contributed by atoms with Crippen LogP contribution in [0.5, 0.6) is 0 Å². The smallest absolute Gasteiger partial charge is 0.333 e. The molecule has 16 heavy (non-hydrogen) atoms. The molecule has 0 saturated carbocycles. The molecule has 4 nitrogen and oxygen atoms in total. The zero-order chi connectivity index (χ0) is 13.2. The molecular weight excluding hydrogens is 228 g/mol. The second-order valence-corrected chi connectivity index (χ2v) is 4.68. The monoisotopic (exact) mass is 246 g/mol. The Hall–Kier alpha value is -1.36. The first-order valence-electron chi connectivity index (χ1n) is 4.63. The molecule has 0 saturated heterocycles. The quantitative estimate of drug-likeness (QED) is 0.551. The Kier molecular flexibility index (Phi) is 9.49. The van der Waals surface area contributed by atoms with Crippen molar-refractivity contribution in [2.75, 3.05) is 6.61 Å². The molecule has 0 aromatic rings. The van der Waals surface area contributed by atoms with Gasteiger partial charge in [0.05, 0.1) is 6.61 Å². The molecule has 0 bridgehead atoms. The van der Waals surface area contributed by atoms with Gasteiger partial charge in [-0.3, -0.25) is 0 Å². The molecular formula is C11H18O4S. The fraction of sp³-hybridized carbons (Fsp3) is 0.364. The zero-order valence-corrected chi connectivity index (χ0v) is 10.5. The van der Waals surface area contributed by atoms with E-state index in [-0.39, 0.29) is 5.97 Å². The van der Waals surface area contributed by atoms with Gasteiger partial charge >= 0.3 is 5.97 Å². The van der Waals surface area contributed by atoms with Crippen LogP contribution in [0.1, 0.15) is 20.3 Å². The van der Waals surface area contributed by atoms with E-state index in [4.69, 9.17) is 4.74 Å². The van der Waals surface area contributed by atoms with Crippen LogP contribution in [0.4, 0.5) is 0 Å². The van der Waals surface area contributed by atoms with Crippen molar-refractivity contribution in [3.05, 3.63) is 36.1 Å². The minimum atomic E-state index is -3.13. The van der Waals surface area contributed by atoms with Gasteiger partial charge in [0.1, 0.15) is 0 Å². The highest BCUT2D eigenvalue weighted by atomic mass is 32.2. The predicted molar refractivity (Wildman–Crippen MR) is 65.4 cm³/mol. The number of sulfone groups is 1. The number of carbonyl (C=O) groups excluding carboxylic acids is 1. The normalized spacial score (nSPS) is 9.38. The van der Waals surface area contributed by atoms with E-state index < -0.39 is 9.84 Å². The van der Waals surface area contributed by atoms with Crippen molar-refractivity contribution < 1.29 is 17.9 Å². The van der Waals surface area contributed by atoms with Gasteiger partial charge in [0.15, 0.2) is 9.84 Å².